The second-order valence-electron chi connectivity index (χ2n) is 8.61. The summed E-state index contributed by atoms with van der Waals surface area (Å²) in [5.41, 5.74) is 6.36. The molecule has 1 nitrogen and oxygen atoms in total. The summed E-state index contributed by atoms with van der Waals surface area (Å²) < 4.78 is 0. The number of benzene rings is 1. The highest BCUT2D eigenvalue weighted by molar-refractivity contribution is 6.81. The monoisotopic (exact) mass is 313 g/mol. The van der Waals surface area contributed by atoms with Gasteiger partial charge in [0.1, 0.15) is 0 Å². The van der Waals surface area contributed by atoms with Crippen molar-refractivity contribution in [2.75, 3.05) is 6.54 Å². The molecule has 2 atom stereocenters. The lowest BCUT2D eigenvalue weighted by Gasteiger charge is -2.40. The number of rotatable bonds is 3. The van der Waals surface area contributed by atoms with E-state index < -0.39 is 8.07 Å². The van der Waals surface area contributed by atoms with Crippen LogP contribution in [-0.4, -0.2) is 25.6 Å². The topological polar surface area (TPSA) is 3.24 Å². The fourth-order valence-corrected chi connectivity index (χ4v) is 5.97. The first-order chi connectivity index (χ1) is 10.4. The zero-order valence-electron chi connectivity index (χ0n) is 14.7. The van der Waals surface area contributed by atoms with E-state index in [-0.39, 0.29) is 0 Å². The molecular formula is C20H31NSi. The van der Waals surface area contributed by atoms with Crippen LogP contribution < -0.4 is 0 Å². The highest BCUT2D eigenvalue weighted by atomic mass is 28.3. The average Bonchev–Trinajstić information content (AvgIpc) is 2.71. The van der Waals surface area contributed by atoms with Gasteiger partial charge in [0.15, 0.2) is 0 Å². The summed E-state index contributed by atoms with van der Waals surface area (Å²) in [4.78, 5) is 2.76. The molecule has 2 heteroatoms. The van der Waals surface area contributed by atoms with Crippen LogP contribution in [0.15, 0.2) is 41.6 Å². The molecule has 1 aromatic rings. The van der Waals surface area contributed by atoms with E-state index >= 15 is 0 Å². The average molecular weight is 314 g/mol. The minimum Gasteiger partial charge on any atom is -0.291 e. The molecule has 2 aliphatic rings. The Bertz CT molecular complexity index is 543. The fourth-order valence-electron chi connectivity index (χ4n) is 4.50. The van der Waals surface area contributed by atoms with Crippen LogP contribution in [0.5, 0.6) is 0 Å². The van der Waals surface area contributed by atoms with Gasteiger partial charge in [0.2, 0.25) is 0 Å². The van der Waals surface area contributed by atoms with Crippen LogP contribution in [0.2, 0.25) is 19.6 Å². The first-order valence-electron chi connectivity index (χ1n) is 8.89. The molecule has 0 amide bonds. The predicted molar refractivity (Wildman–Crippen MR) is 98.6 cm³/mol. The van der Waals surface area contributed by atoms with Crippen LogP contribution in [0.4, 0.5) is 0 Å². The van der Waals surface area contributed by atoms with Crippen LogP contribution >= 0.6 is 0 Å². The normalized spacial score (nSPS) is 31.5. The minimum atomic E-state index is -1.16. The Balaban J connectivity index is 1.88. The molecular weight excluding hydrogens is 282 g/mol. The molecule has 1 saturated carbocycles. The van der Waals surface area contributed by atoms with E-state index in [9.17, 15) is 0 Å². The summed E-state index contributed by atoms with van der Waals surface area (Å²) in [6.07, 6.45) is 5.59. The highest BCUT2D eigenvalue weighted by Crippen LogP contribution is 2.50. The number of nitrogens with zero attached hydrogens (tertiary/aromatic N) is 1. The molecule has 1 heterocycles. The zero-order valence-corrected chi connectivity index (χ0v) is 15.7. The summed E-state index contributed by atoms with van der Waals surface area (Å²) in [5.74, 6) is 0. The molecule has 3 rings (SSSR count). The van der Waals surface area contributed by atoms with Crippen molar-refractivity contribution in [1.82, 2.24) is 4.90 Å². The van der Waals surface area contributed by atoms with E-state index in [0.29, 0.717) is 5.41 Å². The summed E-state index contributed by atoms with van der Waals surface area (Å²) in [5, 5.41) is 0. The van der Waals surface area contributed by atoms with Crippen molar-refractivity contribution in [3.05, 3.63) is 47.2 Å². The van der Waals surface area contributed by atoms with Crippen molar-refractivity contribution < 1.29 is 0 Å². The molecule has 0 unspecified atom stereocenters. The first kappa shape index (κ1) is 16.0. The Morgan fingerprint density at radius 1 is 1.18 bits per heavy atom. The van der Waals surface area contributed by atoms with Gasteiger partial charge in [-0.15, -0.1) is 0 Å². The van der Waals surface area contributed by atoms with Crippen LogP contribution in [0, 0.1) is 5.41 Å². The van der Waals surface area contributed by atoms with Gasteiger partial charge in [0.25, 0.3) is 0 Å². The molecule has 22 heavy (non-hydrogen) atoms. The lowest BCUT2D eigenvalue weighted by atomic mass is 9.70. The molecule has 0 bridgehead atoms. The van der Waals surface area contributed by atoms with Crippen molar-refractivity contribution in [3.8, 4) is 0 Å². The SMILES string of the molecule is C[C@]12CCCC[C@H]1N(Cc1ccccc1)C/C2=C\[Si](C)(C)C. The van der Waals surface area contributed by atoms with E-state index in [4.69, 9.17) is 0 Å². The minimum absolute atomic E-state index is 0.438. The zero-order chi connectivity index (χ0) is 15.8. The molecule has 1 aliphatic carbocycles. The highest BCUT2D eigenvalue weighted by Gasteiger charge is 2.48. The predicted octanol–water partition coefficient (Wildman–Crippen LogP) is 5.25. The van der Waals surface area contributed by atoms with Crippen molar-refractivity contribution in [2.24, 2.45) is 5.41 Å². The third-order valence-corrected chi connectivity index (χ3v) is 6.76. The molecule has 120 valence electrons. The van der Waals surface area contributed by atoms with Crippen LogP contribution in [-0.2, 0) is 6.54 Å². The van der Waals surface area contributed by atoms with Crippen molar-refractivity contribution in [1.29, 1.82) is 0 Å². The summed E-state index contributed by atoms with van der Waals surface area (Å²) in [7, 11) is -1.16. The Morgan fingerprint density at radius 2 is 1.91 bits per heavy atom. The second kappa shape index (κ2) is 5.97. The maximum atomic E-state index is 2.76. The number of likely N-dealkylation sites (tertiary alicyclic amines) is 1. The summed E-state index contributed by atoms with van der Waals surface area (Å²) in [6, 6.07) is 11.8. The molecule has 1 aromatic carbocycles. The quantitative estimate of drug-likeness (QED) is 0.688. The Morgan fingerprint density at radius 3 is 2.59 bits per heavy atom. The summed E-state index contributed by atoms with van der Waals surface area (Å²) >= 11 is 0. The number of hydrogen-bond acceptors (Lipinski definition) is 1. The van der Waals surface area contributed by atoms with Gasteiger partial charge in [-0.1, -0.05) is 81.0 Å². The van der Waals surface area contributed by atoms with E-state index in [2.05, 4.69) is 67.5 Å². The Labute approximate surface area is 137 Å². The third-order valence-electron chi connectivity index (χ3n) is 5.54. The van der Waals surface area contributed by atoms with E-state index in [1.165, 1.54) is 37.8 Å². The Kier molecular flexibility index (Phi) is 4.35. The number of fused-ring (bicyclic) bond motifs is 1. The molecule has 1 saturated heterocycles. The van der Waals surface area contributed by atoms with Crippen molar-refractivity contribution in [2.45, 2.75) is 64.8 Å². The smallest absolute Gasteiger partial charge is 0.0687 e. The largest absolute Gasteiger partial charge is 0.291 e. The van der Waals surface area contributed by atoms with Gasteiger partial charge in [-0.25, -0.2) is 0 Å². The standard InChI is InChI=1S/C20H31NSi/c1-20-13-9-8-12-19(20)21(14-17-10-6-5-7-11-17)15-18(20)16-22(2,3)4/h5-7,10-11,16,19H,8-9,12-15H2,1-4H3/b18-16+/t19-,20-/m1/s1. The number of hydrogen-bond donors (Lipinski definition) is 0. The van der Waals surface area contributed by atoms with Crippen molar-refractivity contribution >= 4 is 8.07 Å². The lowest BCUT2D eigenvalue weighted by molar-refractivity contribution is 0.121. The van der Waals surface area contributed by atoms with Crippen LogP contribution in [0.1, 0.15) is 38.2 Å². The molecule has 0 aromatic heterocycles. The molecule has 2 fully saturated rings. The van der Waals surface area contributed by atoms with Gasteiger partial charge in [-0.05, 0) is 18.4 Å². The molecule has 1 aliphatic heterocycles. The lowest BCUT2D eigenvalue weighted by Crippen LogP contribution is -2.40. The Hall–Kier alpha value is -0.863. The van der Waals surface area contributed by atoms with Gasteiger partial charge in [0, 0.05) is 24.5 Å². The summed E-state index contributed by atoms with van der Waals surface area (Å²) in [6.45, 7) is 12.3. The van der Waals surface area contributed by atoms with E-state index in [0.717, 1.165) is 12.6 Å². The maximum absolute atomic E-state index is 2.76. The third kappa shape index (κ3) is 3.23. The van der Waals surface area contributed by atoms with E-state index in [1.54, 1.807) is 5.57 Å². The fraction of sp³-hybridized carbons (Fsp3) is 0.600. The van der Waals surface area contributed by atoms with Gasteiger partial charge in [0.05, 0.1) is 8.07 Å². The second-order valence-corrected chi connectivity index (χ2v) is 13.6. The molecule has 0 N–H and O–H groups in total. The maximum Gasteiger partial charge on any atom is 0.0687 e. The van der Waals surface area contributed by atoms with Gasteiger partial charge < -0.3 is 0 Å². The van der Waals surface area contributed by atoms with Crippen LogP contribution in [0.3, 0.4) is 0 Å². The van der Waals surface area contributed by atoms with Crippen LogP contribution in [0.25, 0.3) is 0 Å². The molecule has 0 radical (unpaired) electrons. The first-order valence-corrected chi connectivity index (χ1v) is 12.5. The van der Waals surface area contributed by atoms with E-state index in [1.807, 2.05) is 0 Å². The van der Waals surface area contributed by atoms with Gasteiger partial charge in [-0.3, -0.25) is 4.90 Å². The molecule has 0 spiro atoms. The van der Waals surface area contributed by atoms with Gasteiger partial charge >= 0.3 is 0 Å². The van der Waals surface area contributed by atoms with Gasteiger partial charge in [-0.2, -0.15) is 0 Å². The van der Waals surface area contributed by atoms with Crippen molar-refractivity contribution in [3.63, 3.8) is 0 Å².